The fourth-order valence-corrected chi connectivity index (χ4v) is 7.85. The summed E-state index contributed by atoms with van der Waals surface area (Å²) in [4.78, 5) is 29.1. The summed E-state index contributed by atoms with van der Waals surface area (Å²) < 4.78 is 24.4. The fourth-order valence-electron chi connectivity index (χ4n) is 3.93. The van der Waals surface area contributed by atoms with Gasteiger partial charge in [-0.1, -0.05) is 29.5 Å². The van der Waals surface area contributed by atoms with Gasteiger partial charge < -0.3 is 10.0 Å². The third-order valence-corrected chi connectivity index (χ3v) is 8.15. The minimum Gasteiger partial charge on any atom is -0.481 e. The number of carboxylic acids is 1. The van der Waals surface area contributed by atoms with Gasteiger partial charge in [-0.2, -0.15) is 4.99 Å². The molecule has 1 aromatic rings. The number of amidine groups is 1. The summed E-state index contributed by atoms with van der Waals surface area (Å²) in [6.45, 7) is 5.96. The van der Waals surface area contributed by atoms with Gasteiger partial charge in [0, 0.05) is 23.8 Å². The predicted octanol–water partition coefficient (Wildman–Crippen LogP) is 2.47. The number of carboxylic acid groups (broad SMARTS) is 1. The second-order valence-electron chi connectivity index (χ2n) is 7.45. The molecule has 0 radical (unpaired) electrons. The third kappa shape index (κ3) is 4.41. The van der Waals surface area contributed by atoms with E-state index in [4.69, 9.17) is 5.11 Å². The Hall–Kier alpha value is -1.87. The molecule has 2 saturated heterocycles. The topological polar surface area (TPSA) is 104 Å². The molecule has 0 bridgehead atoms. The number of fused-ring (bicyclic) bond motifs is 1. The molecule has 0 saturated carbocycles. The van der Waals surface area contributed by atoms with Gasteiger partial charge in [0.15, 0.2) is 15.0 Å². The van der Waals surface area contributed by atoms with Crippen LogP contribution in [0.4, 0.5) is 5.69 Å². The molecule has 152 valence electrons. The molecule has 0 unspecified atom stereocenters. The number of amides is 1. The molecule has 2 aliphatic rings. The van der Waals surface area contributed by atoms with Crippen molar-refractivity contribution in [1.29, 1.82) is 0 Å². The van der Waals surface area contributed by atoms with Gasteiger partial charge in [-0.25, -0.2) is 8.42 Å². The highest BCUT2D eigenvalue weighted by molar-refractivity contribution is 8.16. The molecule has 2 atom stereocenters. The first-order valence-corrected chi connectivity index (χ1v) is 11.8. The first kappa shape index (κ1) is 20.9. The highest BCUT2D eigenvalue weighted by atomic mass is 32.2. The van der Waals surface area contributed by atoms with Crippen LogP contribution < -0.4 is 4.90 Å². The van der Waals surface area contributed by atoms with Crippen LogP contribution in [0.3, 0.4) is 0 Å². The average molecular weight is 425 g/mol. The van der Waals surface area contributed by atoms with E-state index in [2.05, 4.69) is 4.99 Å². The molecule has 2 fully saturated rings. The molecule has 0 aliphatic carbocycles. The van der Waals surface area contributed by atoms with E-state index >= 15 is 0 Å². The van der Waals surface area contributed by atoms with Gasteiger partial charge >= 0.3 is 5.97 Å². The van der Waals surface area contributed by atoms with Gasteiger partial charge in [-0.15, -0.1) is 0 Å². The molecule has 1 amide bonds. The van der Waals surface area contributed by atoms with E-state index in [0.717, 1.165) is 22.4 Å². The number of aliphatic carboxylic acids is 1. The van der Waals surface area contributed by atoms with E-state index in [1.165, 1.54) is 11.8 Å². The van der Waals surface area contributed by atoms with Crippen molar-refractivity contribution < 1.29 is 23.1 Å². The Morgan fingerprint density at radius 2 is 1.82 bits per heavy atom. The van der Waals surface area contributed by atoms with Crippen molar-refractivity contribution in [1.82, 2.24) is 0 Å². The summed E-state index contributed by atoms with van der Waals surface area (Å²) >= 11 is 1.34. The van der Waals surface area contributed by atoms with Gasteiger partial charge in [0.05, 0.1) is 17.5 Å². The largest absolute Gasteiger partial charge is 0.481 e. The highest BCUT2D eigenvalue weighted by Crippen LogP contribution is 2.43. The monoisotopic (exact) mass is 424 g/mol. The number of rotatable bonds is 5. The smallest absolute Gasteiger partial charge is 0.303 e. The van der Waals surface area contributed by atoms with E-state index < -0.39 is 15.8 Å². The van der Waals surface area contributed by atoms with E-state index in [9.17, 15) is 18.0 Å². The van der Waals surface area contributed by atoms with Crippen molar-refractivity contribution in [3.8, 4) is 0 Å². The molecule has 7 nitrogen and oxygen atoms in total. The second kappa shape index (κ2) is 7.87. The molecule has 2 aliphatic heterocycles. The van der Waals surface area contributed by atoms with Crippen LogP contribution in [-0.4, -0.2) is 53.4 Å². The first-order chi connectivity index (χ1) is 13.1. The van der Waals surface area contributed by atoms with Crippen molar-refractivity contribution in [2.45, 2.75) is 51.3 Å². The van der Waals surface area contributed by atoms with Crippen LogP contribution in [0.5, 0.6) is 0 Å². The number of thioether (sulfide) groups is 1. The molecule has 0 aromatic heterocycles. The minimum absolute atomic E-state index is 0.0453. The maximum absolute atomic E-state index is 12.3. The molecule has 1 N–H and O–H groups in total. The number of aryl methyl sites for hydroxylation is 3. The molecule has 1 aromatic carbocycles. The van der Waals surface area contributed by atoms with Gasteiger partial charge in [0.25, 0.3) is 0 Å². The zero-order chi connectivity index (χ0) is 20.6. The molecular formula is C19H24N2O5S2. The van der Waals surface area contributed by atoms with E-state index in [1.54, 1.807) is 0 Å². The number of benzene rings is 1. The lowest BCUT2D eigenvalue weighted by Crippen LogP contribution is -2.38. The van der Waals surface area contributed by atoms with Crippen molar-refractivity contribution in [3.63, 3.8) is 0 Å². The van der Waals surface area contributed by atoms with Crippen molar-refractivity contribution >= 4 is 44.3 Å². The lowest BCUT2D eigenvalue weighted by atomic mass is 10.0. The lowest BCUT2D eigenvalue weighted by molar-refractivity contribution is -0.137. The van der Waals surface area contributed by atoms with E-state index in [-0.39, 0.29) is 48.0 Å². The Kier molecular flexibility index (Phi) is 5.86. The molecule has 28 heavy (non-hydrogen) atoms. The highest BCUT2D eigenvalue weighted by Gasteiger charge is 2.50. The van der Waals surface area contributed by atoms with Gasteiger partial charge in [0.1, 0.15) is 0 Å². The Labute approximate surface area is 169 Å². The number of hydrogen-bond donors (Lipinski definition) is 1. The maximum atomic E-state index is 12.3. The van der Waals surface area contributed by atoms with E-state index in [1.807, 2.05) is 37.8 Å². The quantitative estimate of drug-likeness (QED) is 0.774. The van der Waals surface area contributed by atoms with Crippen LogP contribution in [-0.2, 0) is 19.4 Å². The summed E-state index contributed by atoms with van der Waals surface area (Å²) in [7, 11) is -3.12. The summed E-state index contributed by atoms with van der Waals surface area (Å²) in [6.07, 6.45) is 0.219. The van der Waals surface area contributed by atoms with Crippen LogP contribution in [0.15, 0.2) is 17.1 Å². The number of sulfone groups is 1. The normalized spacial score (nSPS) is 24.5. The molecular weight excluding hydrogens is 400 g/mol. The SMILES string of the molecule is Cc1cc(C)c(N2C(=NC(=O)CCCC(=O)O)S[C@H]3CS(=O)(=O)C[C@H]32)c(C)c1. The number of carbonyl (C=O) groups is 2. The Bertz CT molecular complexity index is 932. The van der Waals surface area contributed by atoms with Gasteiger partial charge in [0.2, 0.25) is 5.91 Å². The number of carbonyl (C=O) groups excluding carboxylic acids is 1. The van der Waals surface area contributed by atoms with Crippen molar-refractivity contribution in [2.75, 3.05) is 16.4 Å². The zero-order valence-corrected chi connectivity index (χ0v) is 17.8. The summed E-state index contributed by atoms with van der Waals surface area (Å²) in [5.41, 5.74) is 4.03. The van der Waals surface area contributed by atoms with Crippen LogP contribution in [0.25, 0.3) is 0 Å². The second-order valence-corrected chi connectivity index (χ2v) is 10.8. The molecule has 9 heteroatoms. The van der Waals surface area contributed by atoms with Crippen LogP contribution in [0, 0.1) is 20.8 Å². The number of hydrogen-bond acceptors (Lipinski definition) is 5. The summed E-state index contributed by atoms with van der Waals surface area (Å²) in [5.74, 6) is -1.19. The number of nitrogens with zero attached hydrogens (tertiary/aromatic N) is 2. The molecule has 0 spiro atoms. The standard InChI is InChI=1S/C19H24N2O5S2/c1-11-7-12(2)18(13(3)8-11)21-14-9-28(25,26)10-15(14)27-19(21)20-16(22)5-4-6-17(23)24/h7-8,14-15H,4-6,9-10H2,1-3H3,(H,23,24)/t14-,15+/m1/s1. The van der Waals surface area contributed by atoms with Crippen LogP contribution >= 0.6 is 11.8 Å². The number of aliphatic imine (C=N–C) groups is 1. The van der Waals surface area contributed by atoms with Crippen molar-refractivity contribution in [3.05, 3.63) is 28.8 Å². The lowest BCUT2D eigenvalue weighted by Gasteiger charge is -2.28. The summed E-state index contributed by atoms with van der Waals surface area (Å²) in [5, 5.41) is 9.08. The maximum Gasteiger partial charge on any atom is 0.303 e. The van der Waals surface area contributed by atoms with Crippen LogP contribution in [0.1, 0.15) is 36.0 Å². The van der Waals surface area contributed by atoms with Crippen molar-refractivity contribution in [2.24, 2.45) is 4.99 Å². The van der Waals surface area contributed by atoms with E-state index in [0.29, 0.717) is 5.17 Å². The predicted molar refractivity (Wildman–Crippen MR) is 111 cm³/mol. The minimum atomic E-state index is -3.12. The Morgan fingerprint density at radius 1 is 1.18 bits per heavy atom. The van der Waals surface area contributed by atoms with Gasteiger partial charge in [-0.3, -0.25) is 9.59 Å². The Morgan fingerprint density at radius 3 is 2.43 bits per heavy atom. The zero-order valence-electron chi connectivity index (χ0n) is 16.1. The van der Waals surface area contributed by atoms with Crippen LogP contribution in [0.2, 0.25) is 0 Å². The number of anilines is 1. The molecule has 2 heterocycles. The first-order valence-electron chi connectivity index (χ1n) is 9.15. The summed E-state index contributed by atoms with van der Waals surface area (Å²) in [6, 6.07) is 3.83. The fraction of sp³-hybridized carbons (Fsp3) is 0.526. The third-order valence-electron chi connectivity index (χ3n) is 4.94. The average Bonchev–Trinajstić information content (AvgIpc) is 2.98. The van der Waals surface area contributed by atoms with Gasteiger partial charge in [-0.05, 0) is 38.3 Å². The Balaban J connectivity index is 1.95. The molecule has 3 rings (SSSR count).